The summed E-state index contributed by atoms with van der Waals surface area (Å²) in [6.45, 7) is 6.02. The summed E-state index contributed by atoms with van der Waals surface area (Å²) in [5, 5.41) is 11.9. The number of pyridine rings is 1. The summed E-state index contributed by atoms with van der Waals surface area (Å²) in [5.74, 6) is -0.265. The van der Waals surface area contributed by atoms with E-state index >= 15 is 0 Å². The summed E-state index contributed by atoms with van der Waals surface area (Å²) in [7, 11) is 1.77. The molecule has 146 valence electrons. The van der Waals surface area contributed by atoms with Crippen LogP contribution >= 0.6 is 11.6 Å². The summed E-state index contributed by atoms with van der Waals surface area (Å²) in [4.78, 5) is 30.6. The molecule has 1 aliphatic rings. The smallest absolute Gasteiger partial charge is 0.277 e. The van der Waals surface area contributed by atoms with E-state index in [1.807, 2.05) is 6.92 Å². The lowest BCUT2D eigenvalue weighted by atomic mass is 10.2. The normalized spacial score (nSPS) is 14.3. The van der Waals surface area contributed by atoms with Crippen LogP contribution in [0, 0.1) is 20.8 Å². The van der Waals surface area contributed by atoms with Crippen molar-refractivity contribution in [2.75, 3.05) is 13.1 Å². The van der Waals surface area contributed by atoms with Crippen molar-refractivity contribution in [1.29, 1.82) is 0 Å². The molecule has 0 N–H and O–H groups in total. The molecule has 0 atom stereocenters. The molecule has 0 radical (unpaired) electrons. The quantitative estimate of drug-likeness (QED) is 0.653. The number of aromatic nitrogens is 4. The van der Waals surface area contributed by atoms with E-state index in [4.69, 9.17) is 16.1 Å². The van der Waals surface area contributed by atoms with E-state index in [9.17, 15) is 9.59 Å². The number of amides is 2. The molecule has 3 aromatic heterocycles. The van der Waals surface area contributed by atoms with Gasteiger partial charge in [-0.3, -0.25) is 14.3 Å². The number of fused-ring (bicyclic) bond motifs is 1. The summed E-state index contributed by atoms with van der Waals surface area (Å²) in [6, 6.07) is 0. The summed E-state index contributed by atoms with van der Waals surface area (Å²) in [6.07, 6.45) is 2.10. The molecule has 4 rings (SSSR count). The Morgan fingerprint density at radius 1 is 1.11 bits per heavy atom. The maximum atomic E-state index is 13.2. The highest BCUT2D eigenvalue weighted by Crippen LogP contribution is 2.30. The molecule has 28 heavy (non-hydrogen) atoms. The second-order valence-corrected chi connectivity index (χ2v) is 7.18. The zero-order valence-corrected chi connectivity index (χ0v) is 16.7. The number of carbonyl (C=O) groups is 2. The van der Waals surface area contributed by atoms with Gasteiger partial charge >= 0.3 is 0 Å². The van der Waals surface area contributed by atoms with Crippen LogP contribution in [0.25, 0.3) is 11.0 Å². The number of halogens is 1. The predicted molar refractivity (Wildman–Crippen MR) is 101 cm³/mol. The molecular weight excluding hydrogens is 384 g/mol. The monoisotopic (exact) mass is 402 g/mol. The Morgan fingerprint density at radius 2 is 1.79 bits per heavy atom. The fourth-order valence-electron chi connectivity index (χ4n) is 3.61. The number of hydrogen-bond donors (Lipinski definition) is 0. The number of hydrazine groups is 1. The van der Waals surface area contributed by atoms with E-state index in [0.29, 0.717) is 53.3 Å². The second kappa shape index (κ2) is 6.59. The fourth-order valence-corrected chi connectivity index (χ4v) is 3.96. The largest absolute Gasteiger partial charge is 0.361 e. The highest BCUT2D eigenvalue weighted by Gasteiger charge is 2.35. The van der Waals surface area contributed by atoms with Gasteiger partial charge < -0.3 is 4.52 Å². The number of nitrogens with zero attached hydrogens (tertiary/aromatic N) is 6. The van der Waals surface area contributed by atoms with Crippen molar-refractivity contribution in [3.63, 3.8) is 0 Å². The van der Waals surface area contributed by atoms with Gasteiger partial charge in [-0.15, -0.1) is 0 Å². The standard InChI is InChI=1S/C18H19ClN6O3/c1-9-14-15(19)12(8-20-16(14)23(4)21-9)17(26)24-6-5-7-25(24)18(27)13-10(2)22-28-11(13)3/h8H,5-7H2,1-4H3. The number of aryl methyl sites for hydroxylation is 4. The van der Waals surface area contributed by atoms with Crippen LogP contribution in [0.1, 0.15) is 44.3 Å². The lowest BCUT2D eigenvalue weighted by Gasteiger charge is -2.28. The van der Waals surface area contributed by atoms with Gasteiger partial charge in [0.15, 0.2) is 5.65 Å². The Kier molecular flexibility index (Phi) is 4.34. The van der Waals surface area contributed by atoms with Crippen LogP contribution in [0.4, 0.5) is 0 Å². The molecule has 10 heteroatoms. The molecule has 2 amide bonds. The van der Waals surface area contributed by atoms with Crippen molar-refractivity contribution in [3.8, 4) is 0 Å². The Morgan fingerprint density at radius 3 is 2.43 bits per heavy atom. The third-order valence-corrected chi connectivity index (χ3v) is 5.33. The SMILES string of the molecule is Cc1noc(C)c1C(=O)N1CCCN1C(=O)c1cnc2c(c(C)nn2C)c1Cl. The van der Waals surface area contributed by atoms with Crippen molar-refractivity contribution in [1.82, 2.24) is 29.9 Å². The highest BCUT2D eigenvalue weighted by atomic mass is 35.5. The molecule has 0 bridgehead atoms. The van der Waals surface area contributed by atoms with Crippen LogP contribution in [-0.2, 0) is 7.05 Å². The van der Waals surface area contributed by atoms with E-state index in [0.717, 1.165) is 0 Å². The van der Waals surface area contributed by atoms with E-state index < -0.39 is 0 Å². The molecule has 1 fully saturated rings. The van der Waals surface area contributed by atoms with Crippen molar-refractivity contribution >= 4 is 34.4 Å². The Labute approximate surface area is 165 Å². The molecule has 3 aromatic rings. The van der Waals surface area contributed by atoms with Crippen LogP contribution in [-0.4, -0.2) is 54.8 Å². The van der Waals surface area contributed by atoms with Crippen molar-refractivity contribution in [2.45, 2.75) is 27.2 Å². The van der Waals surface area contributed by atoms with Crippen LogP contribution in [0.2, 0.25) is 5.02 Å². The van der Waals surface area contributed by atoms with Crippen molar-refractivity contribution in [2.24, 2.45) is 7.05 Å². The maximum Gasteiger partial charge on any atom is 0.277 e. The first-order valence-electron chi connectivity index (χ1n) is 8.85. The highest BCUT2D eigenvalue weighted by molar-refractivity contribution is 6.38. The Balaban J connectivity index is 1.71. The molecular formula is C18H19ClN6O3. The predicted octanol–water partition coefficient (Wildman–Crippen LogP) is 2.44. The summed E-state index contributed by atoms with van der Waals surface area (Å²) < 4.78 is 6.72. The average Bonchev–Trinajstić information content (AvgIpc) is 3.33. The summed E-state index contributed by atoms with van der Waals surface area (Å²) in [5.41, 5.74) is 2.40. The third kappa shape index (κ3) is 2.65. The van der Waals surface area contributed by atoms with Gasteiger partial charge in [0.05, 0.1) is 27.4 Å². The zero-order valence-electron chi connectivity index (χ0n) is 16.0. The van der Waals surface area contributed by atoms with Gasteiger partial charge in [0.1, 0.15) is 11.3 Å². The third-order valence-electron chi connectivity index (χ3n) is 4.94. The zero-order chi connectivity index (χ0) is 20.2. The van der Waals surface area contributed by atoms with E-state index in [1.165, 1.54) is 16.2 Å². The van der Waals surface area contributed by atoms with Crippen molar-refractivity contribution in [3.05, 3.63) is 39.5 Å². The van der Waals surface area contributed by atoms with Gasteiger partial charge in [0, 0.05) is 26.3 Å². The molecule has 9 nitrogen and oxygen atoms in total. The fraction of sp³-hybridized carbons (Fsp3) is 0.389. The first kappa shape index (κ1) is 18.4. The number of rotatable bonds is 2. The van der Waals surface area contributed by atoms with Gasteiger partial charge in [-0.2, -0.15) is 5.10 Å². The molecule has 0 unspecified atom stereocenters. The molecule has 4 heterocycles. The van der Waals surface area contributed by atoms with E-state index in [1.54, 1.807) is 25.6 Å². The molecule has 1 aliphatic heterocycles. The molecule has 0 saturated carbocycles. The van der Waals surface area contributed by atoms with Gasteiger partial charge in [0.2, 0.25) is 0 Å². The minimum absolute atomic E-state index is 0.240. The topological polar surface area (TPSA) is 97.4 Å². The van der Waals surface area contributed by atoms with Crippen LogP contribution < -0.4 is 0 Å². The summed E-state index contributed by atoms with van der Waals surface area (Å²) >= 11 is 6.54. The molecule has 1 saturated heterocycles. The van der Waals surface area contributed by atoms with Crippen LogP contribution in [0.5, 0.6) is 0 Å². The lowest BCUT2D eigenvalue weighted by Crippen LogP contribution is -2.45. The van der Waals surface area contributed by atoms with Gasteiger partial charge in [-0.25, -0.2) is 15.0 Å². The Bertz CT molecular complexity index is 1100. The van der Waals surface area contributed by atoms with Gasteiger partial charge in [-0.1, -0.05) is 16.8 Å². The second-order valence-electron chi connectivity index (χ2n) is 6.80. The minimum Gasteiger partial charge on any atom is -0.361 e. The average molecular weight is 403 g/mol. The molecule has 0 spiro atoms. The number of carbonyl (C=O) groups excluding carboxylic acids is 2. The van der Waals surface area contributed by atoms with Gasteiger partial charge in [0.25, 0.3) is 11.8 Å². The molecule has 0 aromatic carbocycles. The first-order chi connectivity index (χ1) is 13.3. The van der Waals surface area contributed by atoms with Crippen LogP contribution in [0.3, 0.4) is 0 Å². The Hall–Kier alpha value is -2.94. The lowest BCUT2D eigenvalue weighted by molar-refractivity contribution is 0.0184. The first-order valence-corrected chi connectivity index (χ1v) is 9.23. The van der Waals surface area contributed by atoms with E-state index in [-0.39, 0.29) is 22.4 Å². The van der Waals surface area contributed by atoms with Gasteiger partial charge in [-0.05, 0) is 27.2 Å². The van der Waals surface area contributed by atoms with Crippen molar-refractivity contribution < 1.29 is 14.1 Å². The maximum absolute atomic E-state index is 13.2. The number of hydrogen-bond acceptors (Lipinski definition) is 6. The van der Waals surface area contributed by atoms with E-state index in [2.05, 4.69) is 15.2 Å². The minimum atomic E-state index is -0.375. The van der Waals surface area contributed by atoms with Crippen LogP contribution in [0.15, 0.2) is 10.7 Å². The molecule has 0 aliphatic carbocycles.